The van der Waals surface area contributed by atoms with Crippen molar-refractivity contribution in [3.05, 3.63) is 57.3 Å². The van der Waals surface area contributed by atoms with Crippen LogP contribution in [0.4, 0.5) is 4.39 Å². The van der Waals surface area contributed by atoms with Crippen LogP contribution in [0.2, 0.25) is 10.0 Å². The lowest BCUT2D eigenvalue weighted by atomic mass is 9.97. The fourth-order valence-corrected chi connectivity index (χ4v) is 2.11. The Bertz CT molecular complexity index is 669. The molecular weight excluding hydrogens is 290 g/mol. The number of carbonyl (C=O) groups is 1. The summed E-state index contributed by atoms with van der Waals surface area (Å²) in [5.41, 5.74) is 1.55. The summed E-state index contributed by atoms with van der Waals surface area (Å²) in [6.07, 6.45) is 0. The highest BCUT2D eigenvalue weighted by atomic mass is 35.5. The Hall–Kier alpha value is -1.58. The fraction of sp³-hybridized carbons (Fsp3) is 0.0714. The molecule has 5 heteroatoms. The van der Waals surface area contributed by atoms with E-state index in [-0.39, 0.29) is 5.56 Å². The quantitative estimate of drug-likeness (QED) is 0.864. The smallest absolute Gasteiger partial charge is 0.338 e. The molecule has 0 bridgehead atoms. The number of benzene rings is 2. The maximum absolute atomic E-state index is 13.5. The number of carboxylic acid groups (broad SMARTS) is 1. The second-order valence-electron chi connectivity index (χ2n) is 4.08. The Balaban J connectivity index is 2.64. The van der Waals surface area contributed by atoms with Crippen molar-refractivity contribution in [2.75, 3.05) is 0 Å². The molecule has 0 aliphatic rings. The summed E-state index contributed by atoms with van der Waals surface area (Å²) in [7, 11) is 0. The number of rotatable bonds is 2. The number of hydrogen-bond donors (Lipinski definition) is 1. The third kappa shape index (κ3) is 2.72. The van der Waals surface area contributed by atoms with Crippen molar-refractivity contribution >= 4 is 29.2 Å². The van der Waals surface area contributed by atoms with Crippen molar-refractivity contribution in [3.63, 3.8) is 0 Å². The van der Waals surface area contributed by atoms with E-state index in [1.807, 2.05) is 0 Å². The molecule has 0 radical (unpaired) electrons. The molecule has 0 fully saturated rings. The number of carboxylic acids is 1. The maximum atomic E-state index is 13.5. The minimum absolute atomic E-state index is 0.361. The summed E-state index contributed by atoms with van der Waals surface area (Å²) < 4.78 is 13.5. The SMILES string of the molecule is Cc1cc(F)c(C(=O)O)cc1-c1ccc(Cl)c(Cl)c1. The van der Waals surface area contributed by atoms with Crippen LogP contribution >= 0.6 is 23.2 Å². The van der Waals surface area contributed by atoms with Crippen molar-refractivity contribution in [1.82, 2.24) is 0 Å². The Labute approximate surface area is 119 Å². The zero-order chi connectivity index (χ0) is 14.2. The van der Waals surface area contributed by atoms with Crippen molar-refractivity contribution in [1.29, 1.82) is 0 Å². The first-order chi connectivity index (χ1) is 8.90. The lowest BCUT2D eigenvalue weighted by molar-refractivity contribution is 0.0692. The number of halogens is 3. The molecule has 0 saturated carbocycles. The molecule has 19 heavy (non-hydrogen) atoms. The minimum Gasteiger partial charge on any atom is -0.478 e. The van der Waals surface area contributed by atoms with Gasteiger partial charge in [0.15, 0.2) is 0 Å². The molecule has 0 aliphatic heterocycles. The van der Waals surface area contributed by atoms with Gasteiger partial charge in [-0.2, -0.15) is 0 Å². The van der Waals surface area contributed by atoms with Gasteiger partial charge in [-0.1, -0.05) is 29.3 Å². The summed E-state index contributed by atoms with van der Waals surface area (Å²) in [5, 5.41) is 9.71. The van der Waals surface area contributed by atoms with Gasteiger partial charge in [0.05, 0.1) is 15.6 Å². The van der Waals surface area contributed by atoms with E-state index in [9.17, 15) is 9.18 Å². The molecular formula is C14H9Cl2FO2. The van der Waals surface area contributed by atoms with Gasteiger partial charge in [0.1, 0.15) is 5.82 Å². The molecule has 0 atom stereocenters. The van der Waals surface area contributed by atoms with Crippen LogP contribution in [-0.4, -0.2) is 11.1 Å². The van der Waals surface area contributed by atoms with Crippen molar-refractivity contribution in [3.8, 4) is 11.1 Å². The van der Waals surface area contributed by atoms with Gasteiger partial charge >= 0.3 is 5.97 Å². The first-order valence-electron chi connectivity index (χ1n) is 5.39. The van der Waals surface area contributed by atoms with Crippen LogP contribution < -0.4 is 0 Å². The molecule has 0 aliphatic carbocycles. The van der Waals surface area contributed by atoms with Crippen LogP contribution in [-0.2, 0) is 0 Å². The molecule has 2 aromatic rings. The second kappa shape index (κ2) is 5.19. The Kier molecular flexibility index (Phi) is 3.78. The summed E-state index contributed by atoms with van der Waals surface area (Å²) in [6, 6.07) is 7.44. The van der Waals surface area contributed by atoms with Gasteiger partial charge in [-0.15, -0.1) is 0 Å². The summed E-state index contributed by atoms with van der Waals surface area (Å²) in [4.78, 5) is 11.0. The zero-order valence-electron chi connectivity index (χ0n) is 9.88. The fourth-order valence-electron chi connectivity index (χ4n) is 1.81. The number of aromatic carboxylic acids is 1. The van der Waals surface area contributed by atoms with Crippen LogP contribution in [0.15, 0.2) is 30.3 Å². The summed E-state index contributed by atoms with van der Waals surface area (Å²) in [6.45, 7) is 1.70. The predicted molar refractivity (Wildman–Crippen MR) is 73.6 cm³/mol. The van der Waals surface area contributed by atoms with E-state index in [2.05, 4.69) is 0 Å². The first-order valence-corrected chi connectivity index (χ1v) is 6.14. The monoisotopic (exact) mass is 298 g/mol. The molecule has 2 aromatic carbocycles. The van der Waals surface area contributed by atoms with Gasteiger partial charge < -0.3 is 5.11 Å². The predicted octanol–water partition coefficient (Wildman–Crippen LogP) is 4.81. The number of hydrogen-bond acceptors (Lipinski definition) is 1. The molecule has 0 unspecified atom stereocenters. The third-order valence-electron chi connectivity index (χ3n) is 2.78. The van der Waals surface area contributed by atoms with E-state index >= 15 is 0 Å². The average molecular weight is 299 g/mol. The molecule has 2 rings (SSSR count). The van der Waals surface area contributed by atoms with Gasteiger partial charge in [-0.3, -0.25) is 0 Å². The van der Waals surface area contributed by atoms with E-state index in [4.69, 9.17) is 28.3 Å². The largest absolute Gasteiger partial charge is 0.478 e. The van der Waals surface area contributed by atoms with E-state index in [0.717, 1.165) is 0 Å². The van der Waals surface area contributed by atoms with Crippen LogP contribution in [0, 0.1) is 12.7 Å². The molecule has 1 N–H and O–H groups in total. The topological polar surface area (TPSA) is 37.3 Å². The maximum Gasteiger partial charge on any atom is 0.338 e. The van der Waals surface area contributed by atoms with Gasteiger partial charge in [-0.05, 0) is 47.9 Å². The standard InChI is InChI=1S/C14H9Cl2FO2/c1-7-4-13(17)10(14(18)19)6-9(7)8-2-3-11(15)12(16)5-8/h2-6H,1H3,(H,18,19). The third-order valence-corrected chi connectivity index (χ3v) is 3.51. The van der Waals surface area contributed by atoms with Crippen LogP contribution in [0.5, 0.6) is 0 Å². The van der Waals surface area contributed by atoms with Gasteiger partial charge in [0.2, 0.25) is 0 Å². The van der Waals surface area contributed by atoms with Crippen molar-refractivity contribution in [2.24, 2.45) is 0 Å². The Morgan fingerprint density at radius 3 is 2.42 bits per heavy atom. The van der Waals surface area contributed by atoms with Crippen LogP contribution in [0.3, 0.4) is 0 Å². The summed E-state index contributed by atoms with van der Waals surface area (Å²) in [5.74, 6) is -2.06. The first kappa shape index (κ1) is 13.8. The van der Waals surface area contributed by atoms with Crippen LogP contribution in [0.1, 0.15) is 15.9 Å². The van der Waals surface area contributed by atoms with Gasteiger partial charge in [0.25, 0.3) is 0 Å². The van der Waals surface area contributed by atoms with Crippen molar-refractivity contribution < 1.29 is 14.3 Å². The average Bonchev–Trinajstić information content (AvgIpc) is 2.32. The highest BCUT2D eigenvalue weighted by Crippen LogP contribution is 2.31. The Morgan fingerprint density at radius 1 is 1.16 bits per heavy atom. The highest BCUT2D eigenvalue weighted by Gasteiger charge is 2.14. The molecule has 0 amide bonds. The van der Waals surface area contributed by atoms with E-state index in [0.29, 0.717) is 26.7 Å². The van der Waals surface area contributed by atoms with Gasteiger partial charge in [-0.25, -0.2) is 9.18 Å². The molecule has 2 nitrogen and oxygen atoms in total. The minimum atomic E-state index is -1.31. The number of aryl methyl sites for hydroxylation is 1. The van der Waals surface area contributed by atoms with E-state index in [1.165, 1.54) is 12.1 Å². The molecule has 0 saturated heterocycles. The lowest BCUT2D eigenvalue weighted by Gasteiger charge is -2.09. The Morgan fingerprint density at radius 2 is 1.84 bits per heavy atom. The lowest BCUT2D eigenvalue weighted by Crippen LogP contribution is -2.02. The summed E-state index contributed by atoms with van der Waals surface area (Å²) >= 11 is 11.8. The molecule has 0 aromatic heterocycles. The second-order valence-corrected chi connectivity index (χ2v) is 4.90. The molecule has 0 heterocycles. The highest BCUT2D eigenvalue weighted by molar-refractivity contribution is 6.42. The van der Waals surface area contributed by atoms with Gasteiger partial charge in [0, 0.05) is 0 Å². The van der Waals surface area contributed by atoms with E-state index < -0.39 is 11.8 Å². The molecule has 98 valence electrons. The molecule has 0 spiro atoms. The van der Waals surface area contributed by atoms with E-state index in [1.54, 1.807) is 25.1 Å². The van der Waals surface area contributed by atoms with Crippen LogP contribution in [0.25, 0.3) is 11.1 Å². The normalized spacial score (nSPS) is 10.5. The van der Waals surface area contributed by atoms with Crippen molar-refractivity contribution in [2.45, 2.75) is 6.92 Å². The zero-order valence-corrected chi connectivity index (χ0v) is 11.4.